The van der Waals surface area contributed by atoms with Crippen molar-refractivity contribution in [1.29, 1.82) is 0 Å². The van der Waals surface area contributed by atoms with Gasteiger partial charge < -0.3 is 35.9 Å². The average molecular weight is 536 g/mol. The number of rotatable bonds is 12. The van der Waals surface area contributed by atoms with Crippen LogP contribution >= 0.6 is 11.6 Å². The van der Waals surface area contributed by atoms with Crippen molar-refractivity contribution in [3.05, 3.63) is 107 Å². The fraction of sp³-hybridized carbons (Fsp3) is 0.0400. The van der Waals surface area contributed by atoms with Gasteiger partial charge in [0.05, 0.1) is 5.69 Å². The number of benzene rings is 2. The normalized spacial score (nSPS) is 10.9. The van der Waals surface area contributed by atoms with Crippen LogP contribution in [0.3, 0.4) is 0 Å². The van der Waals surface area contributed by atoms with E-state index in [1.165, 1.54) is 24.7 Å². The molecule has 1 amide bonds. The van der Waals surface area contributed by atoms with Crippen LogP contribution in [0.25, 0.3) is 0 Å². The third kappa shape index (κ3) is 7.71. The smallest absolute Gasteiger partial charge is 0.354 e. The number of hydrazine groups is 2. The van der Waals surface area contributed by atoms with Gasteiger partial charge in [-0.2, -0.15) is 5.53 Å². The lowest BCUT2D eigenvalue weighted by molar-refractivity contribution is -0.117. The zero-order valence-electron chi connectivity index (χ0n) is 19.6. The van der Waals surface area contributed by atoms with Crippen LogP contribution in [0.1, 0.15) is 16.1 Å². The van der Waals surface area contributed by atoms with Gasteiger partial charge in [-0.25, -0.2) is 9.78 Å². The largest absolute Gasteiger partial charge is 0.477 e. The van der Waals surface area contributed by atoms with Gasteiger partial charge in [-0.1, -0.05) is 28.9 Å². The summed E-state index contributed by atoms with van der Waals surface area (Å²) < 4.78 is 10.5. The van der Waals surface area contributed by atoms with Gasteiger partial charge in [0.15, 0.2) is 11.5 Å². The molecular weight excluding hydrogens is 514 g/mol. The summed E-state index contributed by atoms with van der Waals surface area (Å²) in [6.07, 6.45) is 4.16. The molecule has 0 aliphatic rings. The molecule has 0 radical (unpaired) electrons. The minimum atomic E-state index is -1.14. The molecule has 0 saturated heterocycles. The Morgan fingerprint density at radius 1 is 1.03 bits per heavy atom. The maximum Gasteiger partial charge on any atom is 0.354 e. The highest BCUT2D eigenvalue weighted by Gasteiger charge is 2.11. The van der Waals surface area contributed by atoms with E-state index in [1.54, 1.807) is 48.5 Å². The molecule has 0 aliphatic heterocycles. The summed E-state index contributed by atoms with van der Waals surface area (Å²) in [7, 11) is 0. The maximum atomic E-state index is 12.8. The van der Waals surface area contributed by atoms with Gasteiger partial charge in [-0.15, -0.1) is 0 Å². The predicted molar refractivity (Wildman–Crippen MR) is 139 cm³/mol. The highest BCUT2D eigenvalue weighted by atomic mass is 35.5. The number of hydrogen-bond acceptors (Lipinski definition) is 10. The lowest BCUT2D eigenvalue weighted by Gasteiger charge is -2.13. The van der Waals surface area contributed by atoms with Gasteiger partial charge >= 0.3 is 5.97 Å². The standard InChI is InChI=1S/C25H22ClN7O5/c26-17-3-1-16(2-4-17)14-28-24(34)22(30-23-10-12-37-32-23)15-29-33-31-18-5-7-19(8-6-18)38-20-9-11-27-21(13-20)25(35)36/h1-13,15,29,31,33H,14H2,(H,28,34)(H,30,32)(H,35,36)/b22-15+. The van der Waals surface area contributed by atoms with Crippen molar-refractivity contribution in [3.63, 3.8) is 0 Å². The highest BCUT2D eigenvalue weighted by molar-refractivity contribution is 6.30. The first-order chi connectivity index (χ1) is 18.5. The molecule has 13 heteroatoms. The molecule has 38 heavy (non-hydrogen) atoms. The number of halogens is 1. The number of carboxylic acid groups (broad SMARTS) is 1. The summed E-state index contributed by atoms with van der Waals surface area (Å²) in [5.41, 5.74) is 10.1. The van der Waals surface area contributed by atoms with E-state index < -0.39 is 5.97 Å². The van der Waals surface area contributed by atoms with E-state index in [4.69, 9.17) is 26.0 Å². The van der Waals surface area contributed by atoms with Crippen LogP contribution in [0.5, 0.6) is 11.5 Å². The predicted octanol–water partition coefficient (Wildman–Crippen LogP) is 3.90. The number of aromatic nitrogens is 2. The number of hydrogen-bond donors (Lipinski definition) is 6. The molecule has 194 valence electrons. The van der Waals surface area contributed by atoms with Gasteiger partial charge in [0.25, 0.3) is 5.91 Å². The number of carbonyl (C=O) groups is 2. The molecule has 2 heterocycles. The SMILES string of the molecule is O=C(NCc1ccc(Cl)cc1)/C(=C\NNNc1ccc(Oc2ccnc(C(=O)O)c2)cc1)Nc1ccon1. The molecule has 0 bridgehead atoms. The van der Waals surface area contributed by atoms with Crippen LogP contribution < -0.4 is 31.8 Å². The zero-order chi connectivity index (χ0) is 26.7. The summed E-state index contributed by atoms with van der Waals surface area (Å²) >= 11 is 5.91. The Labute approximate surface area is 221 Å². The van der Waals surface area contributed by atoms with Crippen molar-refractivity contribution in [2.24, 2.45) is 0 Å². The second kappa shape index (κ2) is 12.8. The molecule has 0 unspecified atom stereocenters. The zero-order valence-corrected chi connectivity index (χ0v) is 20.4. The Hall–Kier alpha value is -5.07. The third-order valence-electron chi connectivity index (χ3n) is 4.85. The number of carboxylic acids is 1. The fourth-order valence-electron chi connectivity index (χ4n) is 3.00. The Bertz CT molecular complexity index is 1390. The first-order valence-electron chi connectivity index (χ1n) is 11.1. The van der Waals surface area contributed by atoms with Crippen LogP contribution in [0.4, 0.5) is 11.5 Å². The lowest BCUT2D eigenvalue weighted by Crippen LogP contribution is -2.35. The van der Waals surface area contributed by atoms with Crippen LogP contribution in [0.15, 0.2) is 95.6 Å². The summed E-state index contributed by atoms with van der Waals surface area (Å²) in [6, 6.07) is 18.5. The first-order valence-corrected chi connectivity index (χ1v) is 11.5. The number of amides is 1. The minimum absolute atomic E-state index is 0.111. The van der Waals surface area contributed by atoms with Crippen molar-refractivity contribution >= 4 is 35.0 Å². The van der Waals surface area contributed by atoms with Gasteiger partial charge in [0.2, 0.25) is 0 Å². The summed E-state index contributed by atoms with van der Waals surface area (Å²) in [4.78, 5) is 27.6. The Balaban J connectivity index is 1.31. The molecule has 12 nitrogen and oxygen atoms in total. The van der Waals surface area contributed by atoms with E-state index in [-0.39, 0.29) is 17.3 Å². The number of nitrogens with one attached hydrogen (secondary N) is 5. The molecule has 2 aromatic heterocycles. The van der Waals surface area contributed by atoms with Gasteiger partial charge in [-0.3, -0.25) is 4.79 Å². The Morgan fingerprint density at radius 3 is 2.53 bits per heavy atom. The van der Waals surface area contributed by atoms with Crippen LogP contribution in [0, 0.1) is 0 Å². The summed E-state index contributed by atoms with van der Waals surface area (Å²) in [6.45, 7) is 0.297. The topological polar surface area (TPSA) is 163 Å². The van der Waals surface area contributed by atoms with Crippen molar-refractivity contribution in [3.8, 4) is 11.5 Å². The number of pyridine rings is 1. The number of carbonyl (C=O) groups excluding carboxylic acids is 1. The van der Waals surface area contributed by atoms with Gasteiger partial charge in [-0.05, 0) is 48.0 Å². The molecule has 6 N–H and O–H groups in total. The van der Waals surface area contributed by atoms with Gasteiger partial charge in [0.1, 0.15) is 23.5 Å². The fourth-order valence-corrected chi connectivity index (χ4v) is 3.13. The number of nitrogens with zero attached hydrogens (tertiary/aromatic N) is 2. The molecule has 0 spiro atoms. The quantitative estimate of drug-likeness (QED) is 0.0885. The first kappa shape index (κ1) is 26.0. The van der Waals surface area contributed by atoms with Crippen molar-refractivity contribution < 1.29 is 24.0 Å². The van der Waals surface area contributed by atoms with Crippen LogP contribution in [-0.4, -0.2) is 27.1 Å². The lowest BCUT2D eigenvalue weighted by atomic mass is 10.2. The van der Waals surface area contributed by atoms with Crippen LogP contribution in [0.2, 0.25) is 5.02 Å². The van der Waals surface area contributed by atoms with E-state index in [1.807, 2.05) is 12.1 Å². The average Bonchev–Trinajstić information content (AvgIpc) is 3.44. The van der Waals surface area contributed by atoms with E-state index >= 15 is 0 Å². The van der Waals surface area contributed by atoms with E-state index in [2.05, 4.69) is 37.2 Å². The van der Waals surface area contributed by atoms with E-state index in [9.17, 15) is 9.59 Å². The third-order valence-corrected chi connectivity index (χ3v) is 5.10. The van der Waals surface area contributed by atoms with Crippen molar-refractivity contribution in [1.82, 2.24) is 26.4 Å². The Morgan fingerprint density at radius 2 is 1.82 bits per heavy atom. The van der Waals surface area contributed by atoms with Gasteiger partial charge in [0, 0.05) is 36.1 Å². The van der Waals surface area contributed by atoms with E-state index in [0.29, 0.717) is 34.6 Å². The number of anilines is 2. The minimum Gasteiger partial charge on any atom is -0.477 e. The summed E-state index contributed by atoms with van der Waals surface area (Å²) in [5.74, 6) is -0.318. The molecule has 0 aliphatic carbocycles. The monoisotopic (exact) mass is 535 g/mol. The van der Waals surface area contributed by atoms with Crippen molar-refractivity contribution in [2.75, 3.05) is 10.7 Å². The summed E-state index contributed by atoms with van der Waals surface area (Å²) in [5, 5.41) is 19.1. The van der Waals surface area contributed by atoms with Crippen LogP contribution in [-0.2, 0) is 11.3 Å². The highest BCUT2D eigenvalue weighted by Crippen LogP contribution is 2.23. The molecule has 0 saturated carbocycles. The second-order valence-corrected chi connectivity index (χ2v) is 8.02. The number of aromatic carboxylic acids is 1. The molecule has 4 aromatic rings. The molecule has 0 fully saturated rings. The molecule has 0 atom stereocenters. The second-order valence-electron chi connectivity index (χ2n) is 7.58. The molecule has 2 aromatic carbocycles. The van der Waals surface area contributed by atoms with E-state index in [0.717, 1.165) is 5.56 Å². The molecular formula is C25H22ClN7O5. The van der Waals surface area contributed by atoms with Crippen molar-refractivity contribution in [2.45, 2.75) is 6.54 Å². The Kier molecular flexibility index (Phi) is 8.73. The molecule has 4 rings (SSSR count). The number of ether oxygens (including phenoxy) is 1. The maximum absolute atomic E-state index is 12.8.